The standard InChI is InChI=1S/C16H27NO4/c1-15(2,3)21-14(20)17-9-5-8-16(11-17)7-4-6-12(16)10-13(18)19/h12H,4-11H2,1-3H3,(H,18,19). The molecule has 0 radical (unpaired) electrons. The number of carboxylic acid groups (broad SMARTS) is 1. The van der Waals surface area contributed by atoms with Gasteiger partial charge >= 0.3 is 12.1 Å². The second kappa shape index (κ2) is 5.85. The van der Waals surface area contributed by atoms with E-state index in [4.69, 9.17) is 9.84 Å². The first kappa shape index (κ1) is 16.1. The third kappa shape index (κ3) is 3.89. The van der Waals surface area contributed by atoms with E-state index in [1.807, 2.05) is 20.8 Å². The number of hydrogen-bond acceptors (Lipinski definition) is 3. The third-order valence-electron chi connectivity index (χ3n) is 4.77. The van der Waals surface area contributed by atoms with Crippen molar-refractivity contribution in [3.8, 4) is 0 Å². The smallest absolute Gasteiger partial charge is 0.410 e. The molecule has 2 fully saturated rings. The lowest BCUT2D eigenvalue weighted by atomic mass is 9.71. The summed E-state index contributed by atoms with van der Waals surface area (Å²) in [5, 5.41) is 9.11. The molecule has 1 saturated carbocycles. The van der Waals surface area contributed by atoms with Gasteiger partial charge in [0.05, 0.1) is 0 Å². The van der Waals surface area contributed by atoms with Gasteiger partial charge in [0.1, 0.15) is 5.60 Å². The molecule has 0 bridgehead atoms. The van der Waals surface area contributed by atoms with E-state index in [0.717, 1.165) is 38.6 Å². The molecule has 0 aromatic rings. The van der Waals surface area contributed by atoms with Gasteiger partial charge in [0.25, 0.3) is 0 Å². The molecule has 2 unspecified atom stereocenters. The van der Waals surface area contributed by atoms with Crippen LogP contribution in [0.2, 0.25) is 0 Å². The minimum atomic E-state index is -0.726. The van der Waals surface area contributed by atoms with Gasteiger partial charge in [-0.15, -0.1) is 0 Å². The van der Waals surface area contributed by atoms with Crippen molar-refractivity contribution in [2.75, 3.05) is 13.1 Å². The number of amides is 1. The first-order valence-corrected chi connectivity index (χ1v) is 7.92. The quantitative estimate of drug-likeness (QED) is 0.849. The summed E-state index contributed by atoms with van der Waals surface area (Å²) in [6.07, 6.45) is 5.00. The van der Waals surface area contributed by atoms with Gasteiger partial charge < -0.3 is 14.7 Å². The number of ether oxygens (including phenoxy) is 1. The lowest BCUT2D eigenvalue weighted by Gasteiger charge is -2.44. The summed E-state index contributed by atoms with van der Waals surface area (Å²) in [6.45, 7) is 6.98. The molecule has 5 nitrogen and oxygen atoms in total. The van der Waals surface area contributed by atoms with Crippen LogP contribution in [0.15, 0.2) is 0 Å². The summed E-state index contributed by atoms with van der Waals surface area (Å²) < 4.78 is 5.47. The maximum atomic E-state index is 12.3. The van der Waals surface area contributed by atoms with Crippen LogP contribution in [0.3, 0.4) is 0 Å². The molecule has 21 heavy (non-hydrogen) atoms. The highest BCUT2D eigenvalue weighted by molar-refractivity contribution is 5.69. The predicted octanol–water partition coefficient (Wildman–Crippen LogP) is 3.28. The zero-order chi connectivity index (χ0) is 15.7. The number of carboxylic acids is 1. The van der Waals surface area contributed by atoms with Crippen molar-refractivity contribution >= 4 is 12.1 Å². The zero-order valence-corrected chi connectivity index (χ0v) is 13.4. The van der Waals surface area contributed by atoms with Gasteiger partial charge in [-0.1, -0.05) is 6.42 Å². The Hall–Kier alpha value is -1.26. The molecule has 0 aromatic heterocycles. The van der Waals surface area contributed by atoms with Gasteiger partial charge in [-0.3, -0.25) is 4.79 Å². The van der Waals surface area contributed by atoms with E-state index in [2.05, 4.69) is 0 Å². The largest absolute Gasteiger partial charge is 0.481 e. The molecule has 2 atom stereocenters. The predicted molar refractivity (Wildman–Crippen MR) is 79.1 cm³/mol. The SMILES string of the molecule is CC(C)(C)OC(=O)N1CCCC2(CCCC2CC(=O)O)C1. The Kier molecular flexibility index (Phi) is 4.49. The summed E-state index contributed by atoms with van der Waals surface area (Å²) in [4.78, 5) is 25.1. The van der Waals surface area contributed by atoms with Crippen molar-refractivity contribution in [2.24, 2.45) is 11.3 Å². The lowest BCUT2D eigenvalue weighted by molar-refractivity contribution is -0.139. The Bertz CT molecular complexity index is 415. The minimum absolute atomic E-state index is 0.00640. The van der Waals surface area contributed by atoms with E-state index < -0.39 is 11.6 Å². The number of rotatable bonds is 2. The fourth-order valence-corrected chi connectivity index (χ4v) is 3.92. The maximum Gasteiger partial charge on any atom is 0.410 e. The van der Waals surface area contributed by atoms with E-state index in [0.29, 0.717) is 6.54 Å². The fourth-order valence-electron chi connectivity index (χ4n) is 3.92. The molecule has 0 aromatic carbocycles. The van der Waals surface area contributed by atoms with Crippen LogP contribution in [-0.2, 0) is 9.53 Å². The van der Waals surface area contributed by atoms with Gasteiger partial charge in [0.15, 0.2) is 0 Å². The molecule has 2 aliphatic rings. The lowest BCUT2D eigenvalue weighted by Crippen LogP contribution is -2.49. The molecule has 1 aliphatic carbocycles. The molecule has 120 valence electrons. The number of aliphatic carboxylic acids is 1. The Morgan fingerprint density at radius 3 is 2.57 bits per heavy atom. The highest BCUT2D eigenvalue weighted by atomic mass is 16.6. The average molecular weight is 297 g/mol. The van der Waals surface area contributed by atoms with Crippen molar-refractivity contribution in [2.45, 2.75) is 64.9 Å². The number of hydrogen-bond donors (Lipinski definition) is 1. The molecule has 5 heteroatoms. The number of piperidine rings is 1. The first-order valence-electron chi connectivity index (χ1n) is 7.92. The Morgan fingerprint density at radius 2 is 1.95 bits per heavy atom. The van der Waals surface area contributed by atoms with Crippen molar-refractivity contribution in [3.63, 3.8) is 0 Å². The van der Waals surface area contributed by atoms with E-state index in [9.17, 15) is 9.59 Å². The normalized spacial score (nSPS) is 29.7. The van der Waals surface area contributed by atoms with Gasteiger partial charge in [0, 0.05) is 19.5 Å². The van der Waals surface area contributed by atoms with Crippen LogP contribution >= 0.6 is 0 Å². The number of carbonyl (C=O) groups is 2. The van der Waals surface area contributed by atoms with Crippen LogP contribution in [0, 0.1) is 11.3 Å². The second-order valence-electron chi connectivity index (χ2n) is 7.55. The highest BCUT2D eigenvalue weighted by Crippen LogP contribution is 2.50. The fraction of sp³-hybridized carbons (Fsp3) is 0.875. The topological polar surface area (TPSA) is 66.8 Å². The molecule has 1 amide bonds. The molecule has 1 spiro atoms. The zero-order valence-electron chi connectivity index (χ0n) is 13.4. The van der Waals surface area contributed by atoms with Crippen LogP contribution in [0.25, 0.3) is 0 Å². The van der Waals surface area contributed by atoms with Crippen molar-refractivity contribution < 1.29 is 19.4 Å². The molecule has 1 saturated heterocycles. The van der Waals surface area contributed by atoms with E-state index in [1.165, 1.54) is 0 Å². The molecule has 1 N–H and O–H groups in total. The summed E-state index contributed by atoms with van der Waals surface area (Å²) in [5.74, 6) is -0.532. The Balaban J connectivity index is 2.05. The Labute approximate surface area is 126 Å². The van der Waals surface area contributed by atoms with Gasteiger partial charge in [0.2, 0.25) is 0 Å². The van der Waals surface area contributed by atoms with E-state index in [1.54, 1.807) is 4.90 Å². The number of nitrogens with zero attached hydrogens (tertiary/aromatic N) is 1. The molecular weight excluding hydrogens is 270 g/mol. The number of carbonyl (C=O) groups excluding carboxylic acids is 1. The second-order valence-corrected chi connectivity index (χ2v) is 7.55. The summed E-state index contributed by atoms with van der Waals surface area (Å²) in [6, 6.07) is 0. The van der Waals surface area contributed by atoms with Crippen LogP contribution < -0.4 is 0 Å². The number of likely N-dealkylation sites (tertiary alicyclic amines) is 1. The average Bonchev–Trinajstić information content (AvgIpc) is 2.69. The van der Waals surface area contributed by atoms with Crippen molar-refractivity contribution in [3.05, 3.63) is 0 Å². The third-order valence-corrected chi connectivity index (χ3v) is 4.77. The minimum Gasteiger partial charge on any atom is -0.481 e. The van der Waals surface area contributed by atoms with Gasteiger partial charge in [-0.2, -0.15) is 0 Å². The van der Waals surface area contributed by atoms with Crippen LogP contribution in [0.1, 0.15) is 59.3 Å². The Morgan fingerprint density at radius 1 is 1.29 bits per heavy atom. The van der Waals surface area contributed by atoms with Crippen molar-refractivity contribution in [1.82, 2.24) is 4.90 Å². The first-order chi connectivity index (χ1) is 9.72. The summed E-state index contributed by atoms with van der Waals surface area (Å²) in [5.41, 5.74) is -0.495. The van der Waals surface area contributed by atoms with Gasteiger partial charge in [-0.25, -0.2) is 4.79 Å². The van der Waals surface area contributed by atoms with E-state index >= 15 is 0 Å². The van der Waals surface area contributed by atoms with Gasteiger partial charge in [-0.05, 0) is 57.8 Å². The van der Waals surface area contributed by atoms with Crippen LogP contribution in [-0.4, -0.2) is 40.8 Å². The highest BCUT2D eigenvalue weighted by Gasteiger charge is 2.47. The van der Waals surface area contributed by atoms with E-state index in [-0.39, 0.29) is 23.8 Å². The molecule has 2 rings (SSSR count). The van der Waals surface area contributed by atoms with Crippen molar-refractivity contribution in [1.29, 1.82) is 0 Å². The molecular formula is C16H27NO4. The van der Waals surface area contributed by atoms with Crippen LogP contribution in [0.4, 0.5) is 4.79 Å². The molecule has 1 heterocycles. The molecule has 1 aliphatic heterocycles. The maximum absolute atomic E-state index is 12.3. The summed E-state index contributed by atoms with van der Waals surface area (Å²) in [7, 11) is 0. The monoisotopic (exact) mass is 297 g/mol. The van der Waals surface area contributed by atoms with Crippen LogP contribution in [0.5, 0.6) is 0 Å². The summed E-state index contributed by atoms with van der Waals surface area (Å²) >= 11 is 0.